The van der Waals surface area contributed by atoms with Crippen molar-refractivity contribution in [3.8, 4) is 5.75 Å². The summed E-state index contributed by atoms with van der Waals surface area (Å²) in [5, 5.41) is 0. The molecular weight excluding hydrogens is 344 g/mol. The van der Waals surface area contributed by atoms with Gasteiger partial charge in [0, 0.05) is 31.9 Å². The second-order valence-corrected chi connectivity index (χ2v) is 6.40. The Bertz CT molecular complexity index is 786. The molecule has 2 aromatic carbocycles. The van der Waals surface area contributed by atoms with E-state index in [1.54, 1.807) is 36.1 Å². The van der Waals surface area contributed by atoms with E-state index in [4.69, 9.17) is 9.47 Å². The van der Waals surface area contributed by atoms with Crippen molar-refractivity contribution >= 4 is 17.6 Å². The highest BCUT2D eigenvalue weighted by atomic mass is 16.5. The Morgan fingerprint density at radius 3 is 2.22 bits per heavy atom. The second kappa shape index (κ2) is 8.58. The summed E-state index contributed by atoms with van der Waals surface area (Å²) in [6, 6.07) is 16.9. The lowest BCUT2D eigenvalue weighted by Gasteiger charge is -2.37. The topological polar surface area (TPSA) is 59.1 Å². The highest BCUT2D eigenvalue weighted by molar-refractivity contribution is 5.94. The fourth-order valence-electron chi connectivity index (χ4n) is 3.17. The Morgan fingerprint density at radius 2 is 1.56 bits per heavy atom. The molecule has 1 aliphatic heterocycles. The van der Waals surface area contributed by atoms with Crippen molar-refractivity contribution in [1.82, 2.24) is 4.90 Å². The first-order chi connectivity index (χ1) is 13.1. The molecule has 142 valence electrons. The summed E-state index contributed by atoms with van der Waals surface area (Å²) in [5.41, 5.74) is 1.47. The quantitative estimate of drug-likeness (QED) is 0.760. The number of carbonyl (C=O) groups is 2. The average molecular weight is 368 g/mol. The van der Waals surface area contributed by atoms with Crippen molar-refractivity contribution in [2.75, 3.05) is 38.2 Å². The molecule has 6 nitrogen and oxygen atoms in total. The summed E-state index contributed by atoms with van der Waals surface area (Å²) in [7, 11) is 1.49. The number of amides is 1. The maximum Gasteiger partial charge on any atom is 0.342 e. The van der Waals surface area contributed by atoms with Crippen LogP contribution in [-0.2, 0) is 9.53 Å². The minimum Gasteiger partial charge on any atom is -0.496 e. The number of carbonyl (C=O) groups excluding carboxylic acids is 2. The van der Waals surface area contributed by atoms with Gasteiger partial charge in [-0.05, 0) is 31.2 Å². The Hall–Kier alpha value is -3.02. The highest BCUT2D eigenvalue weighted by Crippen LogP contribution is 2.20. The molecule has 0 aromatic heterocycles. The van der Waals surface area contributed by atoms with E-state index in [1.807, 2.05) is 18.2 Å². The van der Waals surface area contributed by atoms with Crippen molar-refractivity contribution < 1.29 is 19.1 Å². The van der Waals surface area contributed by atoms with Crippen LogP contribution in [0.2, 0.25) is 0 Å². The number of piperazine rings is 1. The maximum absolute atomic E-state index is 12.7. The van der Waals surface area contributed by atoms with Gasteiger partial charge in [0.1, 0.15) is 11.3 Å². The third-order valence-electron chi connectivity index (χ3n) is 4.67. The second-order valence-electron chi connectivity index (χ2n) is 6.40. The Morgan fingerprint density at radius 1 is 0.926 bits per heavy atom. The number of para-hydroxylation sites is 2. The molecule has 0 unspecified atom stereocenters. The fourth-order valence-corrected chi connectivity index (χ4v) is 3.17. The van der Waals surface area contributed by atoms with Gasteiger partial charge in [-0.15, -0.1) is 0 Å². The molecule has 1 fully saturated rings. The lowest BCUT2D eigenvalue weighted by molar-refractivity contribution is -0.140. The first-order valence-corrected chi connectivity index (χ1v) is 9.03. The zero-order chi connectivity index (χ0) is 19.2. The largest absolute Gasteiger partial charge is 0.496 e. The maximum atomic E-state index is 12.7. The molecule has 27 heavy (non-hydrogen) atoms. The smallest absolute Gasteiger partial charge is 0.342 e. The lowest BCUT2D eigenvalue weighted by atomic mass is 10.2. The van der Waals surface area contributed by atoms with Gasteiger partial charge in [0.25, 0.3) is 5.91 Å². The highest BCUT2D eigenvalue weighted by Gasteiger charge is 2.28. The zero-order valence-corrected chi connectivity index (χ0v) is 15.6. The molecule has 1 heterocycles. The monoisotopic (exact) mass is 368 g/mol. The van der Waals surface area contributed by atoms with Gasteiger partial charge in [0.15, 0.2) is 6.10 Å². The molecular formula is C21H24N2O4. The van der Waals surface area contributed by atoms with Gasteiger partial charge in [-0.3, -0.25) is 4.79 Å². The van der Waals surface area contributed by atoms with E-state index in [-0.39, 0.29) is 5.91 Å². The average Bonchev–Trinajstić information content (AvgIpc) is 2.73. The number of anilines is 1. The predicted molar refractivity (Wildman–Crippen MR) is 103 cm³/mol. The standard InChI is InChI=1S/C21H24N2O4/c1-16(27-21(25)18-10-6-7-11-19(18)26-2)20(24)23-14-12-22(13-15-23)17-8-4-3-5-9-17/h3-11,16H,12-15H2,1-2H3/t16-/m1/s1. The number of hydrogen-bond acceptors (Lipinski definition) is 5. The van der Waals surface area contributed by atoms with Crippen LogP contribution in [-0.4, -0.2) is 56.2 Å². The van der Waals surface area contributed by atoms with Gasteiger partial charge in [-0.1, -0.05) is 30.3 Å². The number of ether oxygens (including phenoxy) is 2. The number of esters is 1. The van der Waals surface area contributed by atoms with E-state index in [9.17, 15) is 9.59 Å². The first kappa shape index (κ1) is 18.8. The molecule has 0 aliphatic carbocycles. The summed E-state index contributed by atoms with van der Waals surface area (Å²) in [5.74, 6) is -0.305. The fraction of sp³-hybridized carbons (Fsp3) is 0.333. The van der Waals surface area contributed by atoms with Crippen molar-refractivity contribution in [2.24, 2.45) is 0 Å². The number of methoxy groups -OCH3 is 1. The lowest BCUT2D eigenvalue weighted by Crippen LogP contribution is -2.51. The number of nitrogens with zero attached hydrogens (tertiary/aromatic N) is 2. The van der Waals surface area contributed by atoms with E-state index >= 15 is 0 Å². The third-order valence-corrected chi connectivity index (χ3v) is 4.67. The van der Waals surface area contributed by atoms with Gasteiger partial charge in [0.05, 0.1) is 7.11 Å². The van der Waals surface area contributed by atoms with Crippen LogP contribution in [0.15, 0.2) is 54.6 Å². The molecule has 0 spiro atoms. The van der Waals surface area contributed by atoms with Crippen LogP contribution in [0.1, 0.15) is 17.3 Å². The first-order valence-electron chi connectivity index (χ1n) is 9.03. The van der Waals surface area contributed by atoms with E-state index < -0.39 is 12.1 Å². The van der Waals surface area contributed by atoms with E-state index in [2.05, 4.69) is 17.0 Å². The molecule has 0 saturated carbocycles. The van der Waals surface area contributed by atoms with Crippen molar-refractivity contribution in [1.29, 1.82) is 0 Å². The van der Waals surface area contributed by atoms with E-state index in [1.165, 1.54) is 7.11 Å². The Kier molecular flexibility index (Phi) is 5.96. The minimum atomic E-state index is -0.842. The molecule has 2 aromatic rings. The number of hydrogen-bond donors (Lipinski definition) is 0. The zero-order valence-electron chi connectivity index (χ0n) is 15.6. The number of rotatable bonds is 5. The van der Waals surface area contributed by atoms with Crippen molar-refractivity contribution in [2.45, 2.75) is 13.0 Å². The van der Waals surface area contributed by atoms with Crippen LogP contribution < -0.4 is 9.64 Å². The van der Waals surface area contributed by atoms with Crippen LogP contribution in [0.5, 0.6) is 5.75 Å². The molecule has 6 heteroatoms. The van der Waals surface area contributed by atoms with E-state index in [0.29, 0.717) is 24.4 Å². The van der Waals surface area contributed by atoms with Gasteiger partial charge in [-0.25, -0.2) is 4.79 Å². The Balaban J connectivity index is 1.56. The molecule has 1 aliphatic rings. The molecule has 1 saturated heterocycles. The summed E-state index contributed by atoms with van der Waals surface area (Å²) >= 11 is 0. The molecule has 1 amide bonds. The van der Waals surface area contributed by atoms with Crippen LogP contribution >= 0.6 is 0 Å². The molecule has 0 N–H and O–H groups in total. The van der Waals surface area contributed by atoms with Gasteiger partial charge < -0.3 is 19.3 Å². The van der Waals surface area contributed by atoms with Crippen molar-refractivity contribution in [3.63, 3.8) is 0 Å². The molecule has 1 atom stereocenters. The Labute approximate surface area is 159 Å². The normalized spacial score (nSPS) is 15.2. The summed E-state index contributed by atoms with van der Waals surface area (Å²) in [6.07, 6.45) is -0.842. The van der Waals surface area contributed by atoms with Crippen molar-refractivity contribution in [3.05, 3.63) is 60.2 Å². The third kappa shape index (κ3) is 4.39. The van der Waals surface area contributed by atoms with Crippen LogP contribution in [0, 0.1) is 0 Å². The minimum absolute atomic E-state index is 0.175. The summed E-state index contributed by atoms with van der Waals surface area (Å²) < 4.78 is 10.6. The van der Waals surface area contributed by atoms with Crippen LogP contribution in [0.3, 0.4) is 0 Å². The summed E-state index contributed by atoms with van der Waals surface area (Å²) in [4.78, 5) is 29.0. The number of benzene rings is 2. The van der Waals surface area contributed by atoms with Gasteiger partial charge in [0.2, 0.25) is 0 Å². The van der Waals surface area contributed by atoms with E-state index in [0.717, 1.165) is 18.8 Å². The molecule has 0 bridgehead atoms. The van der Waals surface area contributed by atoms with Crippen LogP contribution in [0.4, 0.5) is 5.69 Å². The van der Waals surface area contributed by atoms with Crippen LogP contribution in [0.25, 0.3) is 0 Å². The molecule has 3 rings (SSSR count). The SMILES string of the molecule is COc1ccccc1C(=O)O[C@H](C)C(=O)N1CCN(c2ccccc2)CC1. The van der Waals surface area contributed by atoms with Gasteiger partial charge in [-0.2, -0.15) is 0 Å². The molecule has 0 radical (unpaired) electrons. The van der Waals surface area contributed by atoms with Gasteiger partial charge >= 0.3 is 5.97 Å². The summed E-state index contributed by atoms with van der Waals surface area (Å²) in [6.45, 7) is 4.32. The predicted octanol–water partition coefficient (Wildman–Crippen LogP) is 2.59.